The van der Waals surface area contributed by atoms with Crippen LogP contribution in [0.3, 0.4) is 0 Å². The molecule has 3 rings (SSSR count). The minimum Gasteiger partial charge on any atom is -0.484 e. The maximum Gasteiger partial charge on any atom is 0.261 e. The molecule has 2 amide bonds. The van der Waals surface area contributed by atoms with Crippen LogP contribution in [0.1, 0.15) is 31.4 Å². The largest absolute Gasteiger partial charge is 0.484 e. The Morgan fingerprint density at radius 2 is 1.66 bits per heavy atom. The molecule has 2 atom stereocenters. The van der Waals surface area contributed by atoms with Crippen molar-refractivity contribution in [1.82, 2.24) is 10.2 Å². The van der Waals surface area contributed by atoms with Crippen LogP contribution < -0.4 is 10.1 Å². The van der Waals surface area contributed by atoms with Gasteiger partial charge in [0.1, 0.15) is 11.8 Å². The van der Waals surface area contributed by atoms with Crippen molar-refractivity contribution in [3.05, 3.63) is 99.5 Å². The lowest BCUT2D eigenvalue weighted by Gasteiger charge is -2.32. The first-order chi connectivity index (χ1) is 16.9. The molecule has 0 heterocycles. The van der Waals surface area contributed by atoms with E-state index in [-0.39, 0.29) is 31.0 Å². The molecule has 35 heavy (non-hydrogen) atoms. The van der Waals surface area contributed by atoms with E-state index in [0.29, 0.717) is 17.2 Å². The van der Waals surface area contributed by atoms with Gasteiger partial charge in [0.15, 0.2) is 6.61 Å². The van der Waals surface area contributed by atoms with Crippen LogP contribution in [-0.4, -0.2) is 35.4 Å². The summed E-state index contributed by atoms with van der Waals surface area (Å²) in [6.07, 6.45) is 1.16. The molecule has 0 bridgehead atoms. The van der Waals surface area contributed by atoms with Gasteiger partial charge in [-0.05, 0) is 54.8 Å². The van der Waals surface area contributed by atoms with Gasteiger partial charge in [0.05, 0.1) is 0 Å². The predicted octanol–water partition coefficient (Wildman–Crippen LogP) is 6.04. The summed E-state index contributed by atoms with van der Waals surface area (Å²) in [4.78, 5) is 28.6. The molecular weight excluding hydrogens is 528 g/mol. The molecule has 184 valence electrons. The van der Waals surface area contributed by atoms with Crippen LogP contribution >= 0.6 is 27.5 Å². The van der Waals surface area contributed by atoms with Gasteiger partial charge >= 0.3 is 0 Å². The van der Waals surface area contributed by atoms with Gasteiger partial charge in [-0.2, -0.15) is 0 Å². The summed E-state index contributed by atoms with van der Waals surface area (Å²) in [6, 6.07) is 23.6. The molecule has 7 heteroatoms. The van der Waals surface area contributed by atoms with Gasteiger partial charge in [0.25, 0.3) is 5.91 Å². The molecule has 0 aliphatic rings. The summed E-state index contributed by atoms with van der Waals surface area (Å²) < 4.78 is 6.70. The fraction of sp³-hybridized carbons (Fsp3) is 0.286. The van der Waals surface area contributed by atoms with Gasteiger partial charge < -0.3 is 15.0 Å². The minimum absolute atomic E-state index is 0.0166. The van der Waals surface area contributed by atoms with E-state index >= 15 is 0 Å². The van der Waals surface area contributed by atoms with Gasteiger partial charge in [-0.3, -0.25) is 9.59 Å². The van der Waals surface area contributed by atoms with Crippen molar-refractivity contribution in [1.29, 1.82) is 0 Å². The molecule has 0 saturated heterocycles. The van der Waals surface area contributed by atoms with Crippen molar-refractivity contribution < 1.29 is 14.3 Å². The Hall–Kier alpha value is -2.83. The van der Waals surface area contributed by atoms with Gasteiger partial charge in [0.2, 0.25) is 5.91 Å². The Balaban J connectivity index is 1.91. The molecule has 0 unspecified atom stereocenters. The molecular formula is C28H30BrClN2O3. The van der Waals surface area contributed by atoms with E-state index in [1.165, 1.54) is 0 Å². The zero-order valence-corrected chi connectivity index (χ0v) is 22.3. The number of carbonyl (C=O) groups is 2. The third kappa shape index (κ3) is 8.11. The third-order valence-electron chi connectivity index (χ3n) is 5.75. The van der Waals surface area contributed by atoms with E-state index in [9.17, 15) is 9.59 Å². The Labute approximate surface area is 220 Å². The normalized spacial score (nSPS) is 12.5. The average molecular weight is 558 g/mol. The summed E-state index contributed by atoms with van der Waals surface area (Å²) in [5.74, 6) is 0.0724. The Morgan fingerprint density at radius 3 is 2.31 bits per heavy atom. The maximum atomic E-state index is 13.6. The van der Waals surface area contributed by atoms with E-state index in [1.807, 2.05) is 74.5 Å². The number of halogens is 2. The lowest BCUT2D eigenvalue weighted by Crippen LogP contribution is -2.53. The summed E-state index contributed by atoms with van der Waals surface area (Å²) in [7, 11) is 0. The molecule has 0 radical (unpaired) electrons. The van der Waals surface area contributed by atoms with E-state index < -0.39 is 6.04 Å². The van der Waals surface area contributed by atoms with Crippen LogP contribution in [0.5, 0.6) is 5.75 Å². The lowest BCUT2D eigenvalue weighted by atomic mass is 10.0. The Morgan fingerprint density at radius 1 is 1.00 bits per heavy atom. The molecule has 0 aliphatic carbocycles. The maximum absolute atomic E-state index is 13.6. The van der Waals surface area contributed by atoms with Crippen LogP contribution in [-0.2, 0) is 22.6 Å². The standard InChI is InChI=1S/C28H30BrClN2O3/c1-3-20(2)31-28(34)26(17-21-9-5-4-6-10-21)32(18-22-11-7-8-12-25(22)30)27(33)19-35-24-15-13-23(29)14-16-24/h4-16,20,26H,3,17-19H2,1-2H3,(H,31,34)/t20-,26+/m0/s1. The Bertz CT molecular complexity index is 1110. The van der Waals surface area contributed by atoms with Gasteiger partial charge in [-0.1, -0.05) is 83.0 Å². The van der Waals surface area contributed by atoms with Crippen molar-refractivity contribution in [2.24, 2.45) is 0 Å². The highest BCUT2D eigenvalue weighted by Gasteiger charge is 2.31. The summed E-state index contributed by atoms with van der Waals surface area (Å²) >= 11 is 9.83. The quantitative estimate of drug-likeness (QED) is 0.313. The number of rotatable bonds is 11. The molecule has 0 fully saturated rings. The van der Waals surface area contributed by atoms with Crippen molar-refractivity contribution in [3.63, 3.8) is 0 Å². The molecule has 0 aliphatic heterocycles. The van der Waals surface area contributed by atoms with Crippen LogP contribution in [0.4, 0.5) is 0 Å². The summed E-state index contributed by atoms with van der Waals surface area (Å²) in [5.41, 5.74) is 1.73. The molecule has 5 nitrogen and oxygen atoms in total. The van der Waals surface area contributed by atoms with Crippen molar-refractivity contribution >= 4 is 39.3 Å². The van der Waals surface area contributed by atoms with Crippen molar-refractivity contribution in [3.8, 4) is 5.75 Å². The molecule has 3 aromatic rings. The highest BCUT2D eigenvalue weighted by atomic mass is 79.9. The molecule has 0 spiro atoms. The lowest BCUT2D eigenvalue weighted by molar-refractivity contribution is -0.143. The first-order valence-corrected chi connectivity index (χ1v) is 12.8. The van der Waals surface area contributed by atoms with Crippen LogP contribution in [0.2, 0.25) is 5.02 Å². The number of benzene rings is 3. The number of nitrogens with one attached hydrogen (secondary N) is 1. The number of ether oxygens (including phenoxy) is 1. The SMILES string of the molecule is CC[C@H](C)NC(=O)[C@@H](Cc1ccccc1)N(Cc1ccccc1Cl)C(=O)COc1ccc(Br)cc1. The number of hydrogen-bond donors (Lipinski definition) is 1. The minimum atomic E-state index is -0.733. The van der Waals surface area contributed by atoms with Gasteiger partial charge in [0, 0.05) is 28.5 Å². The van der Waals surface area contributed by atoms with E-state index in [1.54, 1.807) is 23.1 Å². The second-order valence-corrected chi connectivity index (χ2v) is 9.70. The van der Waals surface area contributed by atoms with Crippen molar-refractivity contribution in [2.45, 2.75) is 45.3 Å². The fourth-order valence-corrected chi connectivity index (χ4v) is 4.02. The number of amides is 2. The van der Waals surface area contributed by atoms with E-state index in [2.05, 4.69) is 21.2 Å². The van der Waals surface area contributed by atoms with Gasteiger partial charge in [-0.25, -0.2) is 0 Å². The first-order valence-electron chi connectivity index (χ1n) is 11.6. The zero-order valence-electron chi connectivity index (χ0n) is 19.9. The number of carbonyl (C=O) groups excluding carboxylic acids is 2. The number of nitrogens with zero attached hydrogens (tertiary/aromatic N) is 1. The number of hydrogen-bond acceptors (Lipinski definition) is 3. The highest BCUT2D eigenvalue weighted by Crippen LogP contribution is 2.21. The molecule has 0 saturated carbocycles. The van der Waals surface area contributed by atoms with Crippen molar-refractivity contribution in [2.75, 3.05) is 6.61 Å². The van der Waals surface area contributed by atoms with Crippen LogP contribution in [0.25, 0.3) is 0 Å². The van der Waals surface area contributed by atoms with Crippen LogP contribution in [0.15, 0.2) is 83.3 Å². The molecule has 0 aromatic heterocycles. The fourth-order valence-electron chi connectivity index (χ4n) is 3.56. The van der Waals surface area contributed by atoms with E-state index in [4.69, 9.17) is 16.3 Å². The van der Waals surface area contributed by atoms with Gasteiger partial charge in [-0.15, -0.1) is 0 Å². The molecule has 3 aromatic carbocycles. The molecule has 1 N–H and O–H groups in total. The average Bonchev–Trinajstić information content (AvgIpc) is 2.87. The van der Waals surface area contributed by atoms with E-state index in [0.717, 1.165) is 22.0 Å². The highest BCUT2D eigenvalue weighted by molar-refractivity contribution is 9.10. The Kier molecular flexibility index (Phi) is 10.2. The smallest absolute Gasteiger partial charge is 0.261 e. The third-order valence-corrected chi connectivity index (χ3v) is 6.64. The zero-order chi connectivity index (χ0) is 25.2. The summed E-state index contributed by atoms with van der Waals surface area (Å²) in [5, 5.41) is 3.60. The predicted molar refractivity (Wildman–Crippen MR) is 143 cm³/mol. The first kappa shape index (κ1) is 26.8. The monoisotopic (exact) mass is 556 g/mol. The second-order valence-electron chi connectivity index (χ2n) is 8.38. The van der Waals surface area contributed by atoms with Crippen LogP contribution in [0, 0.1) is 0 Å². The second kappa shape index (κ2) is 13.3. The topological polar surface area (TPSA) is 58.6 Å². The summed E-state index contributed by atoms with van der Waals surface area (Å²) in [6.45, 7) is 3.95.